The highest BCUT2D eigenvalue weighted by Gasteiger charge is 2.42. The molecule has 4 heteroatoms. The van der Waals surface area contributed by atoms with Crippen LogP contribution in [0.2, 0.25) is 0 Å². The molecule has 1 fully saturated rings. The van der Waals surface area contributed by atoms with Crippen molar-refractivity contribution in [3.63, 3.8) is 0 Å². The quantitative estimate of drug-likeness (QED) is 0.898. The van der Waals surface area contributed by atoms with Crippen molar-refractivity contribution in [2.75, 3.05) is 11.4 Å². The number of hydrogen-bond acceptors (Lipinski definition) is 2. The van der Waals surface area contributed by atoms with Gasteiger partial charge < -0.3 is 10.0 Å². The number of rotatable bonds is 5. The molecule has 1 saturated carbocycles. The van der Waals surface area contributed by atoms with Gasteiger partial charge in [-0.2, -0.15) is 0 Å². The van der Waals surface area contributed by atoms with Crippen LogP contribution in [0.3, 0.4) is 0 Å². The molecule has 0 aliphatic heterocycles. The van der Waals surface area contributed by atoms with Crippen LogP contribution in [0.4, 0.5) is 5.69 Å². The Labute approximate surface area is 119 Å². The van der Waals surface area contributed by atoms with Gasteiger partial charge in [-0.1, -0.05) is 38.0 Å². The average molecular weight is 275 g/mol. The summed E-state index contributed by atoms with van der Waals surface area (Å²) in [5.41, 5.74) is 0.297. The zero-order valence-corrected chi connectivity index (χ0v) is 11.8. The molecular weight excluding hydrogens is 254 g/mol. The van der Waals surface area contributed by atoms with E-state index in [0.29, 0.717) is 5.69 Å². The summed E-state index contributed by atoms with van der Waals surface area (Å²) in [5.74, 6) is -1.02. The monoisotopic (exact) mass is 275 g/mol. The number of carboxylic acid groups (broad SMARTS) is 1. The Kier molecular flexibility index (Phi) is 4.42. The third-order valence-electron chi connectivity index (χ3n) is 4.30. The second kappa shape index (κ2) is 6.07. The minimum atomic E-state index is -0.980. The average Bonchev–Trinajstić information content (AvgIpc) is 2.95. The van der Waals surface area contributed by atoms with Gasteiger partial charge in [-0.05, 0) is 31.4 Å². The number of amides is 1. The minimum absolute atomic E-state index is 0.0360. The number of carboxylic acids is 1. The lowest BCUT2D eigenvalue weighted by Crippen LogP contribution is -2.45. The molecule has 0 unspecified atom stereocenters. The Morgan fingerprint density at radius 2 is 1.80 bits per heavy atom. The van der Waals surface area contributed by atoms with Crippen LogP contribution in [0, 0.1) is 5.41 Å². The van der Waals surface area contributed by atoms with Crippen LogP contribution in [0.15, 0.2) is 30.3 Å². The van der Waals surface area contributed by atoms with Crippen molar-refractivity contribution in [1.82, 2.24) is 0 Å². The van der Waals surface area contributed by atoms with Crippen molar-refractivity contribution in [3.8, 4) is 0 Å². The highest BCUT2D eigenvalue weighted by molar-refractivity contribution is 6.00. The molecule has 1 aromatic carbocycles. The van der Waals surface area contributed by atoms with Crippen LogP contribution in [0.5, 0.6) is 0 Å². The number of aliphatic carboxylic acids is 1. The van der Waals surface area contributed by atoms with E-state index in [1.54, 1.807) is 12.1 Å². The Morgan fingerprint density at radius 3 is 2.30 bits per heavy atom. The SMILES string of the molecule is CCC1(C(=O)N(CC(=O)O)c2ccccc2)CCCC1. The van der Waals surface area contributed by atoms with Crippen molar-refractivity contribution in [2.24, 2.45) is 5.41 Å². The summed E-state index contributed by atoms with van der Waals surface area (Å²) in [6.45, 7) is 1.75. The maximum Gasteiger partial charge on any atom is 0.323 e. The molecule has 0 radical (unpaired) electrons. The van der Waals surface area contributed by atoms with Crippen LogP contribution in [0.1, 0.15) is 39.0 Å². The third kappa shape index (κ3) is 2.84. The summed E-state index contributed by atoms with van der Waals surface area (Å²) in [4.78, 5) is 25.4. The first-order valence-electron chi connectivity index (χ1n) is 7.18. The van der Waals surface area contributed by atoms with Crippen LogP contribution in [-0.2, 0) is 9.59 Å². The van der Waals surface area contributed by atoms with E-state index in [4.69, 9.17) is 5.11 Å². The van der Waals surface area contributed by atoms with Crippen molar-refractivity contribution in [1.29, 1.82) is 0 Å². The first kappa shape index (κ1) is 14.6. The number of nitrogens with zero attached hydrogens (tertiary/aromatic N) is 1. The number of anilines is 1. The molecule has 108 valence electrons. The molecule has 1 N–H and O–H groups in total. The van der Waals surface area contributed by atoms with Crippen LogP contribution >= 0.6 is 0 Å². The summed E-state index contributed by atoms with van der Waals surface area (Å²) >= 11 is 0. The molecule has 0 heterocycles. The molecule has 1 aliphatic rings. The third-order valence-corrected chi connectivity index (χ3v) is 4.30. The maximum atomic E-state index is 12.9. The molecule has 1 amide bonds. The van der Waals surface area contributed by atoms with Crippen molar-refractivity contribution >= 4 is 17.6 Å². The molecule has 0 aromatic heterocycles. The number of carbonyl (C=O) groups excluding carboxylic acids is 1. The molecule has 0 atom stereocenters. The second-order valence-corrected chi connectivity index (χ2v) is 5.46. The lowest BCUT2D eigenvalue weighted by atomic mass is 9.81. The maximum absolute atomic E-state index is 12.9. The lowest BCUT2D eigenvalue weighted by molar-refractivity contribution is -0.138. The number of hydrogen-bond donors (Lipinski definition) is 1. The van der Waals surface area contributed by atoms with Gasteiger partial charge >= 0.3 is 5.97 Å². The van der Waals surface area contributed by atoms with Crippen LogP contribution < -0.4 is 4.90 Å². The van der Waals surface area contributed by atoms with Gasteiger partial charge in [0.1, 0.15) is 6.54 Å². The Bertz CT molecular complexity index is 478. The zero-order valence-electron chi connectivity index (χ0n) is 11.8. The molecule has 2 rings (SSSR count). The van der Waals surface area contributed by atoms with Crippen molar-refractivity contribution in [2.45, 2.75) is 39.0 Å². The second-order valence-electron chi connectivity index (χ2n) is 5.46. The van der Waals surface area contributed by atoms with E-state index in [1.807, 2.05) is 25.1 Å². The Balaban J connectivity index is 2.31. The fraction of sp³-hybridized carbons (Fsp3) is 0.500. The molecular formula is C16H21NO3. The molecule has 1 aliphatic carbocycles. The zero-order chi connectivity index (χ0) is 14.6. The fourth-order valence-electron chi connectivity index (χ4n) is 3.08. The Morgan fingerprint density at radius 1 is 1.20 bits per heavy atom. The predicted molar refractivity (Wildman–Crippen MR) is 77.6 cm³/mol. The lowest BCUT2D eigenvalue weighted by Gasteiger charge is -2.33. The number of benzene rings is 1. The number of para-hydroxylation sites is 1. The van der Waals surface area contributed by atoms with E-state index < -0.39 is 5.97 Å². The van der Waals surface area contributed by atoms with Gasteiger partial charge in [0.15, 0.2) is 0 Å². The van der Waals surface area contributed by atoms with Gasteiger partial charge in [0.25, 0.3) is 0 Å². The molecule has 0 bridgehead atoms. The molecule has 0 saturated heterocycles. The first-order chi connectivity index (χ1) is 9.59. The topological polar surface area (TPSA) is 57.6 Å². The standard InChI is InChI=1S/C16H21NO3/c1-2-16(10-6-7-11-16)15(20)17(12-14(18)19)13-8-4-3-5-9-13/h3-5,8-9H,2,6-7,10-12H2,1H3,(H,18,19). The highest BCUT2D eigenvalue weighted by atomic mass is 16.4. The van der Waals surface area contributed by atoms with Gasteiger partial charge in [-0.25, -0.2) is 0 Å². The largest absolute Gasteiger partial charge is 0.480 e. The summed E-state index contributed by atoms with van der Waals surface area (Å²) in [6, 6.07) is 9.09. The Hall–Kier alpha value is -1.84. The van der Waals surface area contributed by atoms with Gasteiger partial charge in [-0.3, -0.25) is 9.59 Å². The number of carbonyl (C=O) groups is 2. The van der Waals surface area contributed by atoms with Crippen LogP contribution in [0.25, 0.3) is 0 Å². The van der Waals surface area contributed by atoms with Gasteiger partial charge in [0, 0.05) is 11.1 Å². The normalized spacial score (nSPS) is 16.9. The highest BCUT2D eigenvalue weighted by Crippen LogP contribution is 2.43. The minimum Gasteiger partial charge on any atom is -0.480 e. The van der Waals surface area contributed by atoms with Gasteiger partial charge in [0.2, 0.25) is 5.91 Å². The van der Waals surface area contributed by atoms with E-state index >= 15 is 0 Å². The van der Waals surface area contributed by atoms with E-state index in [2.05, 4.69) is 0 Å². The van der Waals surface area contributed by atoms with Gasteiger partial charge in [-0.15, -0.1) is 0 Å². The van der Waals surface area contributed by atoms with E-state index in [0.717, 1.165) is 32.1 Å². The summed E-state index contributed by atoms with van der Waals surface area (Å²) in [6.07, 6.45) is 4.61. The summed E-state index contributed by atoms with van der Waals surface area (Å²) in [7, 11) is 0. The first-order valence-corrected chi connectivity index (χ1v) is 7.18. The summed E-state index contributed by atoms with van der Waals surface area (Å²) < 4.78 is 0. The molecule has 0 spiro atoms. The fourth-order valence-corrected chi connectivity index (χ4v) is 3.08. The predicted octanol–water partition coefficient (Wildman–Crippen LogP) is 3.07. The van der Waals surface area contributed by atoms with Crippen molar-refractivity contribution in [3.05, 3.63) is 30.3 Å². The van der Waals surface area contributed by atoms with E-state index in [9.17, 15) is 9.59 Å². The summed E-state index contributed by atoms with van der Waals surface area (Å²) in [5, 5.41) is 9.10. The van der Waals surface area contributed by atoms with E-state index in [1.165, 1.54) is 4.90 Å². The van der Waals surface area contributed by atoms with Gasteiger partial charge in [0.05, 0.1) is 0 Å². The molecule has 1 aromatic rings. The molecule has 4 nitrogen and oxygen atoms in total. The smallest absolute Gasteiger partial charge is 0.323 e. The molecule has 20 heavy (non-hydrogen) atoms. The van der Waals surface area contributed by atoms with Crippen LogP contribution in [-0.4, -0.2) is 23.5 Å². The van der Waals surface area contributed by atoms with E-state index in [-0.39, 0.29) is 17.9 Å². The van der Waals surface area contributed by atoms with Crippen molar-refractivity contribution < 1.29 is 14.7 Å².